The minimum absolute atomic E-state index is 0.00265. The Morgan fingerprint density at radius 2 is 1.95 bits per heavy atom. The fraction of sp³-hybridized carbons (Fsp3) is 0.235. The van der Waals surface area contributed by atoms with Gasteiger partial charge in [-0.25, -0.2) is 0 Å². The number of carbonyl (C=O) groups excluding carboxylic acids is 1. The summed E-state index contributed by atoms with van der Waals surface area (Å²) in [6.45, 7) is 4.05. The zero-order valence-electron chi connectivity index (χ0n) is 12.2. The number of benzene rings is 2. The first-order chi connectivity index (χ1) is 10.1. The first-order valence-electron chi connectivity index (χ1n) is 6.87. The smallest absolute Gasteiger partial charge is 0.262 e. The topological polar surface area (TPSA) is 38.3 Å². The highest BCUT2D eigenvalue weighted by Crippen LogP contribution is 2.26. The number of amides is 1. The predicted octanol–water partition coefficient (Wildman–Crippen LogP) is 4.34. The lowest BCUT2D eigenvalue weighted by Gasteiger charge is -2.14. The summed E-state index contributed by atoms with van der Waals surface area (Å²) in [5.41, 5.74) is 3.02. The van der Waals surface area contributed by atoms with Crippen molar-refractivity contribution in [2.45, 2.75) is 20.3 Å². The minimum Gasteiger partial charge on any atom is -0.484 e. The molecule has 21 heavy (non-hydrogen) atoms. The third kappa shape index (κ3) is 4.33. The molecule has 2 aromatic carbocycles. The van der Waals surface area contributed by atoms with E-state index in [0.717, 1.165) is 27.7 Å². The van der Waals surface area contributed by atoms with Crippen LogP contribution < -0.4 is 10.1 Å². The number of rotatable bonds is 5. The Hall–Kier alpha value is -1.81. The SMILES string of the molecule is CCc1cc(Br)cc(C)c1NC(=O)COc1ccccc1. The maximum atomic E-state index is 12.0. The van der Waals surface area contributed by atoms with Crippen molar-refractivity contribution in [2.24, 2.45) is 0 Å². The summed E-state index contributed by atoms with van der Waals surface area (Å²) in [5, 5.41) is 2.94. The Bertz CT molecular complexity index is 626. The summed E-state index contributed by atoms with van der Waals surface area (Å²) in [5.74, 6) is 0.537. The molecule has 3 nitrogen and oxygen atoms in total. The van der Waals surface area contributed by atoms with Crippen LogP contribution in [0.25, 0.3) is 0 Å². The molecular formula is C17H18BrNO2. The van der Waals surface area contributed by atoms with Crippen LogP contribution in [0.3, 0.4) is 0 Å². The molecule has 0 heterocycles. The van der Waals surface area contributed by atoms with Crippen molar-refractivity contribution in [3.8, 4) is 5.75 Å². The zero-order chi connectivity index (χ0) is 15.2. The zero-order valence-corrected chi connectivity index (χ0v) is 13.7. The molecule has 0 saturated heterocycles. The molecule has 0 aromatic heterocycles. The van der Waals surface area contributed by atoms with Gasteiger partial charge in [-0.3, -0.25) is 4.79 Å². The van der Waals surface area contributed by atoms with Gasteiger partial charge in [-0.1, -0.05) is 41.1 Å². The van der Waals surface area contributed by atoms with Crippen LogP contribution in [0.4, 0.5) is 5.69 Å². The first kappa shape index (κ1) is 15.6. The van der Waals surface area contributed by atoms with Crippen LogP contribution in [0, 0.1) is 6.92 Å². The molecular weight excluding hydrogens is 330 g/mol. The quantitative estimate of drug-likeness (QED) is 0.873. The molecule has 2 aromatic rings. The Kier molecular flexibility index (Phi) is 5.39. The lowest BCUT2D eigenvalue weighted by molar-refractivity contribution is -0.118. The fourth-order valence-corrected chi connectivity index (χ4v) is 2.73. The highest BCUT2D eigenvalue weighted by atomic mass is 79.9. The lowest BCUT2D eigenvalue weighted by Crippen LogP contribution is -2.21. The van der Waals surface area contributed by atoms with E-state index in [1.807, 2.05) is 49.4 Å². The highest BCUT2D eigenvalue weighted by molar-refractivity contribution is 9.10. The third-order valence-corrected chi connectivity index (χ3v) is 3.60. The second-order valence-corrected chi connectivity index (χ2v) is 5.68. The number of para-hydroxylation sites is 1. The molecule has 2 rings (SSSR count). The molecule has 0 aliphatic heterocycles. The van der Waals surface area contributed by atoms with Gasteiger partial charge in [0.1, 0.15) is 5.75 Å². The summed E-state index contributed by atoms with van der Waals surface area (Å²) < 4.78 is 6.48. The molecule has 0 aliphatic carbocycles. The molecule has 0 radical (unpaired) electrons. The van der Waals surface area contributed by atoms with Gasteiger partial charge >= 0.3 is 0 Å². The molecule has 0 spiro atoms. The van der Waals surface area contributed by atoms with E-state index in [0.29, 0.717) is 5.75 Å². The molecule has 1 N–H and O–H groups in total. The van der Waals surface area contributed by atoms with E-state index in [1.165, 1.54) is 0 Å². The van der Waals surface area contributed by atoms with E-state index in [4.69, 9.17) is 4.74 Å². The molecule has 0 atom stereocenters. The second-order valence-electron chi connectivity index (χ2n) is 4.76. The molecule has 0 aliphatic rings. The normalized spacial score (nSPS) is 10.2. The monoisotopic (exact) mass is 347 g/mol. The molecule has 0 saturated carbocycles. The third-order valence-electron chi connectivity index (χ3n) is 3.14. The van der Waals surface area contributed by atoms with Crippen molar-refractivity contribution in [3.63, 3.8) is 0 Å². The van der Waals surface area contributed by atoms with Crippen molar-refractivity contribution in [1.82, 2.24) is 0 Å². The molecule has 0 bridgehead atoms. The van der Waals surface area contributed by atoms with Gasteiger partial charge in [0, 0.05) is 10.2 Å². The maximum Gasteiger partial charge on any atom is 0.262 e. The van der Waals surface area contributed by atoms with Gasteiger partial charge in [-0.05, 0) is 48.7 Å². The summed E-state index contributed by atoms with van der Waals surface area (Å²) >= 11 is 3.48. The lowest BCUT2D eigenvalue weighted by atomic mass is 10.1. The molecule has 110 valence electrons. The van der Waals surface area contributed by atoms with Crippen molar-refractivity contribution in [2.75, 3.05) is 11.9 Å². The Morgan fingerprint density at radius 3 is 2.62 bits per heavy atom. The minimum atomic E-state index is -0.154. The fourth-order valence-electron chi connectivity index (χ4n) is 2.11. The number of halogens is 1. The van der Waals surface area contributed by atoms with Gasteiger partial charge < -0.3 is 10.1 Å². The summed E-state index contributed by atoms with van der Waals surface area (Å²) in [6.07, 6.45) is 0.857. The van der Waals surface area contributed by atoms with Gasteiger partial charge in [0.25, 0.3) is 5.91 Å². The van der Waals surface area contributed by atoms with E-state index >= 15 is 0 Å². The number of ether oxygens (including phenoxy) is 1. The Balaban J connectivity index is 2.03. The summed E-state index contributed by atoms with van der Waals surface area (Å²) in [6, 6.07) is 13.3. The van der Waals surface area contributed by atoms with Gasteiger partial charge in [0.2, 0.25) is 0 Å². The average Bonchev–Trinajstić information content (AvgIpc) is 2.48. The first-order valence-corrected chi connectivity index (χ1v) is 7.66. The summed E-state index contributed by atoms with van der Waals surface area (Å²) in [4.78, 5) is 12.0. The number of nitrogens with one attached hydrogen (secondary N) is 1. The van der Waals surface area contributed by atoms with Crippen molar-refractivity contribution < 1.29 is 9.53 Å². The van der Waals surface area contributed by atoms with E-state index in [1.54, 1.807) is 0 Å². The van der Waals surface area contributed by atoms with Crippen LogP contribution in [0.1, 0.15) is 18.1 Å². The predicted molar refractivity (Wildman–Crippen MR) is 88.8 cm³/mol. The number of anilines is 1. The van der Waals surface area contributed by atoms with Gasteiger partial charge in [-0.15, -0.1) is 0 Å². The van der Waals surface area contributed by atoms with E-state index in [-0.39, 0.29) is 12.5 Å². The van der Waals surface area contributed by atoms with Crippen molar-refractivity contribution >= 4 is 27.5 Å². The van der Waals surface area contributed by atoms with Crippen molar-refractivity contribution in [1.29, 1.82) is 0 Å². The standard InChI is InChI=1S/C17H18BrNO2/c1-3-13-10-14(18)9-12(2)17(13)19-16(20)11-21-15-7-5-4-6-8-15/h4-10H,3,11H2,1-2H3,(H,19,20). The maximum absolute atomic E-state index is 12.0. The van der Waals surface area contributed by atoms with E-state index in [9.17, 15) is 4.79 Å². The number of aryl methyl sites for hydroxylation is 2. The number of hydrogen-bond acceptors (Lipinski definition) is 2. The van der Waals surface area contributed by atoms with Crippen LogP contribution in [0.5, 0.6) is 5.75 Å². The Labute approximate surface area is 133 Å². The van der Waals surface area contributed by atoms with Crippen LogP contribution in [-0.2, 0) is 11.2 Å². The number of hydrogen-bond donors (Lipinski definition) is 1. The molecule has 1 amide bonds. The van der Waals surface area contributed by atoms with Crippen LogP contribution in [0.15, 0.2) is 46.9 Å². The van der Waals surface area contributed by atoms with Crippen LogP contribution >= 0.6 is 15.9 Å². The Morgan fingerprint density at radius 1 is 1.24 bits per heavy atom. The van der Waals surface area contributed by atoms with Gasteiger partial charge in [0.05, 0.1) is 0 Å². The largest absolute Gasteiger partial charge is 0.484 e. The van der Waals surface area contributed by atoms with Gasteiger partial charge in [-0.2, -0.15) is 0 Å². The second kappa shape index (κ2) is 7.27. The number of carbonyl (C=O) groups is 1. The molecule has 4 heteroatoms. The van der Waals surface area contributed by atoms with E-state index in [2.05, 4.69) is 28.2 Å². The molecule has 0 fully saturated rings. The summed E-state index contributed by atoms with van der Waals surface area (Å²) in [7, 11) is 0. The van der Waals surface area contributed by atoms with E-state index < -0.39 is 0 Å². The average molecular weight is 348 g/mol. The van der Waals surface area contributed by atoms with Crippen LogP contribution in [0.2, 0.25) is 0 Å². The van der Waals surface area contributed by atoms with Gasteiger partial charge in [0.15, 0.2) is 6.61 Å². The molecule has 0 unspecified atom stereocenters. The van der Waals surface area contributed by atoms with Crippen LogP contribution in [-0.4, -0.2) is 12.5 Å². The van der Waals surface area contributed by atoms with Crippen molar-refractivity contribution in [3.05, 3.63) is 58.1 Å². The highest BCUT2D eigenvalue weighted by Gasteiger charge is 2.10.